The molecule has 21 heteroatoms. The summed E-state index contributed by atoms with van der Waals surface area (Å²) in [6.45, 7) is 12.8. The second-order valence-electron chi connectivity index (χ2n) is 19.8. The van der Waals surface area contributed by atoms with E-state index in [1.807, 2.05) is 0 Å². The van der Waals surface area contributed by atoms with Gasteiger partial charge >= 0.3 is 7.82 Å². The van der Waals surface area contributed by atoms with Crippen molar-refractivity contribution in [2.75, 3.05) is 158 Å². The topological polar surface area (TPSA) is 328 Å². The van der Waals surface area contributed by atoms with E-state index in [2.05, 4.69) is 13.8 Å². The van der Waals surface area contributed by atoms with Crippen LogP contribution >= 0.6 is 7.82 Å². The van der Waals surface area contributed by atoms with Crippen LogP contribution in [-0.2, 0) is 14.0 Å². The van der Waals surface area contributed by atoms with E-state index in [1.54, 1.807) is 14.7 Å². The lowest BCUT2D eigenvalue weighted by atomic mass is 10.0. The number of aliphatic hydroxyl groups excluding tert-OH is 11. The van der Waals surface area contributed by atoms with Crippen molar-refractivity contribution in [2.24, 2.45) is 0 Å². The van der Waals surface area contributed by atoms with Crippen molar-refractivity contribution in [2.45, 2.75) is 219 Å². The van der Waals surface area contributed by atoms with E-state index < -0.39 is 7.82 Å². The molecule has 0 unspecified atom stereocenters. The summed E-state index contributed by atoms with van der Waals surface area (Å²) in [5.74, 6) is 0. The first-order valence-electron chi connectivity index (χ1n) is 31.2. The van der Waals surface area contributed by atoms with E-state index in [0.717, 1.165) is 26.1 Å². The summed E-state index contributed by atoms with van der Waals surface area (Å²) >= 11 is 0. The first-order valence-corrected chi connectivity index (χ1v) is 32.7. The van der Waals surface area contributed by atoms with Gasteiger partial charge in [0.2, 0.25) is 0 Å². The molecule has 0 aliphatic rings. The van der Waals surface area contributed by atoms with Crippen LogP contribution in [0.4, 0.5) is 0 Å². The number of aliphatic hydroxyl groups is 11. The minimum atomic E-state index is -4.64. The lowest BCUT2D eigenvalue weighted by Gasteiger charge is -2.17. The van der Waals surface area contributed by atoms with Gasteiger partial charge in [-0.3, -0.25) is 14.7 Å². The van der Waals surface area contributed by atoms with Crippen molar-refractivity contribution in [3.05, 3.63) is 0 Å². The Morgan fingerprint density at radius 1 is 0.241 bits per heavy atom. The fourth-order valence-corrected chi connectivity index (χ4v) is 8.12. The molecular formula is C58H132N3O17P. The van der Waals surface area contributed by atoms with Crippen molar-refractivity contribution in [1.29, 1.82) is 0 Å². The van der Waals surface area contributed by atoms with Crippen molar-refractivity contribution in [3.8, 4) is 0 Å². The third-order valence-corrected chi connectivity index (χ3v) is 12.5. The first kappa shape index (κ1) is 89.7. The number of ether oxygens (including phenoxy) is 2. The molecule has 0 spiro atoms. The highest BCUT2D eigenvalue weighted by atomic mass is 31.2. The van der Waals surface area contributed by atoms with Gasteiger partial charge in [-0.2, -0.15) is 0 Å². The summed E-state index contributed by atoms with van der Waals surface area (Å²) in [6.07, 6.45) is 44.8. The van der Waals surface area contributed by atoms with Crippen LogP contribution in [0.5, 0.6) is 0 Å². The Kier molecular flexibility index (Phi) is 97.9. The fraction of sp³-hybridized carbons (Fsp3) is 1.00. The first-order chi connectivity index (χ1) is 38.4. The van der Waals surface area contributed by atoms with E-state index >= 15 is 0 Å². The zero-order valence-electron chi connectivity index (χ0n) is 50.9. The minimum absolute atomic E-state index is 0.0694. The van der Waals surface area contributed by atoms with Gasteiger partial charge in [0.05, 0.1) is 85.9 Å². The van der Waals surface area contributed by atoms with Crippen LogP contribution in [0.2, 0.25) is 0 Å². The Balaban J connectivity index is -0.000000216. The smallest absolute Gasteiger partial charge is 0.395 e. The van der Waals surface area contributed by atoms with E-state index in [0.29, 0.717) is 72.1 Å². The molecule has 0 aliphatic heterocycles. The van der Waals surface area contributed by atoms with Gasteiger partial charge < -0.3 is 80.3 Å². The second kappa shape index (κ2) is 86.3. The third kappa shape index (κ3) is 106. The minimum Gasteiger partial charge on any atom is -0.395 e. The van der Waals surface area contributed by atoms with Crippen LogP contribution in [0.25, 0.3) is 0 Å². The van der Waals surface area contributed by atoms with Crippen LogP contribution in [-0.4, -0.2) is 244 Å². The number of phosphoric acid groups is 1. The summed E-state index contributed by atoms with van der Waals surface area (Å²) in [5, 5.41) is 93.5. The molecule has 14 N–H and O–H groups in total. The SMILES string of the molecule is CCCCCCCCCCCCCCCCCCOCCO.CCCCCCCCCCCCCCCCCCOCCO.O=P(O)(O)O.OCCN(CCO)CCO.OCCN(CCO)CCO.OCCN(CCO)CCO. The lowest BCUT2D eigenvalue weighted by Crippen LogP contribution is -2.32. The zero-order valence-corrected chi connectivity index (χ0v) is 51.8. The molecule has 0 bridgehead atoms. The highest BCUT2D eigenvalue weighted by Gasteiger charge is 2.03. The Morgan fingerprint density at radius 2 is 0.380 bits per heavy atom. The van der Waals surface area contributed by atoms with Crippen LogP contribution in [0.3, 0.4) is 0 Å². The van der Waals surface area contributed by atoms with Crippen LogP contribution in [0.15, 0.2) is 0 Å². The summed E-state index contributed by atoms with van der Waals surface area (Å²) < 4.78 is 19.4. The summed E-state index contributed by atoms with van der Waals surface area (Å²) in [5.41, 5.74) is 0. The molecule has 0 saturated carbocycles. The van der Waals surface area contributed by atoms with Gasteiger partial charge in [0, 0.05) is 72.1 Å². The predicted octanol–water partition coefficient (Wildman–Crippen LogP) is 6.38. The average Bonchev–Trinajstić information content (AvgIpc) is 3.41. The highest BCUT2D eigenvalue weighted by Crippen LogP contribution is 2.26. The third-order valence-electron chi connectivity index (χ3n) is 12.5. The van der Waals surface area contributed by atoms with Gasteiger partial charge in [0.1, 0.15) is 0 Å². The zero-order chi connectivity index (χ0) is 60.2. The summed E-state index contributed by atoms with van der Waals surface area (Å²) in [4.78, 5) is 26.9. The molecule has 0 saturated heterocycles. The maximum Gasteiger partial charge on any atom is 0.466 e. The van der Waals surface area contributed by atoms with E-state index in [1.165, 1.54) is 193 Å². The molecule has 0 fully saturated rings. The fourth-order valence-electron chi connectivity index (χ4n) is 8.12. The van der Waals surface area contributed by atoms with E-state index in [9.17, 15) is 0 Å². The summed E-state index contributed by atoms with van der Waals surface area (Å²) in [6, 6.07) is 0. The number of hydrogen-bond donors (Lipinski definition) is 14. The molecular weight excluding hydrogens is 1040 g/mol. The molecule has 0 atom stereocenters. The molecule has 0 amide bonds. The maximum atomic E-state index is 8.88. The quantitative estimate of drug-likeness (QED) is 0.0232. The van der Waals surface area contributed by atoms with Gasteiger partial charge in [-0.05, 0) is 12.8 Å². The molecule has 0 heterocycles. The van der Waals surface area contributed by atoms with Crippen molar-refractivity contribution in [1.82, 2.24) is 14.7 Å². The molecule has 0 aromatic rings. The van der Waals surface area contributed by atoms with Crippen molar-refractivity contribution >= 4 is 7.82 Å². The number of unbranched alkanes of at least 4 members (excludes halogenated alkanes) is 30. The van der Waals surface area contributed by atoms with Gasteiger partial charge in [0.25, 0.3) is 0 Å². The van der Waals surface area contributed by atoms with Crippen LogP contribution in [0.1, 0.15) is 219 Å². The molecule has 0 rings (SSSR count). The number of hydrogen-bond acceptors (Lipinski definition) is 17. The van der Waals surface area contributed by atoms with E-state index in [-0.39, 0.29) is 72.7 Å². The Hall–Kier alpha value is -0.530. The average molecular weight is 1170 g/mol. The molecule has 0 aromatic carbocycles. The summed E-state index contributed by atoms with van der Waals surface area (Å²) in [7, 11) is -4.64. The van der Waals surface area contributed by atoms with Crippen LogP contribution in [0, 0.1) is 0 Å². The normalized spacial score (nSPS) is 11.1. The molecule has 20 nitrogen and oxygen atoms in total. The number of nitrogens with zero attached hydrogens (tertiary/aromatic N) is 3. The van der Waals surface area contributed by atoms with Gasteiger partial charge in [-0.15, -0.1) is 0 Å². The maximum absolute atomic E-state index is 8.88. The van der Waals surface area contributed by atoms with Crippen molar-refractivity contribution in [3.63, 3.8) is 0 Å². The van der Waals surface area contributed by atoms with Gasteiger partial charge in [-0.1, -0.05) is 206 Å². The number of rotatable bonds is 56. The second-order valence-corrected chi connectivity index (χ2v) is 20.9. The predicted molar refractivity (Wildman–Crippen MR) is 322 cm³/mol. The van der Waals surface area contributed by atoms with Crippen molar-refractivity contribution < 1.29 is 84.9 Å². The molecule has 0 radical (unpaired) electrons. The molecule has 0 aliphatic carbocycles. The largest absolute Gasteiger partial charge is 0.466 e. The molecule has 0 aromatic heterocycles. The van der Waals surface area contributed by atoms with Crippen LogP contribution < -0.4 is 0 Å². The van der Waals surface area contributed by atoms with Gasteiger partial charge in [0.15, 0.2) is 0 Å². The monoisotopic (exact) mass is 1170 g/mol. The Morgan fingerprint density at radius 3 is 0.506 bits per heavy atom. The molecule has 486 valence electrons. The standard InChI is InChI=1S/2C20H42O2.3C6H15NO3.H3O4P/c2*1-2-3-4-5-6-7-8-9-10-11-12-13-14-15-16-17-19-22-20-18-21;3*8-4-1-7(2-5-9)3-6-10;1-5(2,3)4/h2*21H,2-20H2,1H3;3*8-10H,1-6H2;(H3,1,2,3,4). The molecule has 79 heavy (non-hydrogen) atoms. The Bertz CT molecular complexity index is 863. The van der Waals surface area contributed by atoms with Gasteiger partial charge in [-0.25, -0.2) is 4.57 Å². The van der Waals surface area contributed by atoms with E-state index in [4.69, 9.17) is 84.9 Å². The lowest BCUT2D eigenvalue weighted by molar-refractivity contribution is 0.0895. The highest BCUT2D eigenvalue weighted by molar-refractivity contribution is 7.45. The Labute approximate surface area is 483 Å².